The summed E-state index contributed by atoms with van der Waals surface area (Å²) >= 11 is 1.63. The lowest BCUT2D eigenvalue weighted by Gasteiger charge is -2.30. The van der Waals surface area contributed by atoms with Crippen molar-refractivity contribution in [2.24, 2.45) is 0 Å². The minimum atomic E-state index is -0.402. The number of carbonyl (C=O) groups is 1. The van der Waals surface area contributed by atoms with Crippen LogP contribution in [0, 0.1) is 10.1 Å². The Bertz CT molecular complexity index is 767. The van der Waals surface area contributed by atoms with Crippen molar-refractivity contribution in [1.29, 1.82) is 0 Å². The second-order valence-corrected chi connectivity index (χ2v) is 7.12. The van der Waals surface area contributed by atoms with Crippen molar-refractivity contribution in [3.63, 3.8) is 0 Å². The van der Waals surface area contributed by atoms with Crippen LogP contribution in [0.5, 0.6) is 0 Å². The van der Waals surface area contributed by atoms with Gasteiger partial charge in [-0.3, -0.25) is 19.8 Å². The number of rotatable bonds is 6. The molecule has 2 aromatic rings. The van der Waals surface area contributed by atoms with Gasteiger partial charge < -0.3 is 4.74 Å². The van der Waals surface area contributed by atoms with E-state index in [-0.39, 0.29) is 11.7 Å². The van der Waals surface area contributed by atoms with Crippen molar-refractivity contribution in [3.05, 3.63) is 44.8 Å². The van der Waals surface area contributed by atoms with Crippen LogP contribution in [0.3, 0.4) is 0 Å². The van der Waals surface area contributed by atoms with E-state index in [0.29, 0.717) is 19.1 Å². The van der Waals surface area contributed by atoms with Crippen molar-refractivity contribution in [1.82, 2.24) is 9.88 Å². The lowest BCUT2D eigenvalue weighted by molar-refractivity contribution is -0.384. The first-order valence-electron chi connectivity index (χ1n) is 8.65. The van der Waals surface area contributed by atoms with Crippen LogP contribution < -0.4 is 0 Å². The van der Waals surface area contributed by atoms with Crippen LogP contribution in [0.1, 0.15) is 30.7 Å². The normalized spacial score (nSPS) is 15.7. The molecule has 0 radical (unpaired) electrons. The zero-order valence-electron chi connectivity index (χ0n) is 14.6. The molecular weight excluding hydrogens is 354 g/mol. The topological polar surface area (TPSA) is 85.6 Å². The van der Waals surface area contributed by atoms with E-state index < -0.39 is 4.92 Å². The molecule has 1 saturated heterocycles. The molecule has 138 valence electrons. The molecule has 8 heteroatoms. The number of hydrogen-bond acceptors (Lipinski definition) is 7. The number of esters is 1. The summed E-state index contributed by atoms with van der Waals surface area (Å²) in [7, 11) is 0. The van der Waals surface area contributed by atoms with Gasteiger partial charge in [0.05, 0.1) is 28.8 Å². The molecule has 1 aliphatic rings. The third kappa shape index (κ3) is 4.44. The number of nitro benzene ring substituents is 1. The summed E-state index contributed by atoms with van der Waals surface area (Å²) in [5, 5.41) is 13.8. The number of hydrogen-bond donors (Lipinski definition) is 0. The zero-order valence-corrected chi connectivity index (χ0v) is 15.4. The standard InChI is InChI=1S/C18H21N3O4S/c1-2-25-17(22)11-20-9-7-14(8-10-20)18-19-16(12-26-18)13-3-5-15(6-4-13)21(23)24/h3-6,12,14H,2,7-11H2,1H3. The van der Waals surface area contributed by atoms with Gasteiger partial charge in [0.2, 0.25) is 0 Å². The summed E-state index contributed by atoms with van der Waals surface area (Å²) in [6.07, 6.45) is 1.93. The Hall–Kier alpha value is -2.32. The maximum atomic E-state index is 11.6. The highest BCUT2D eigenvalue weighted by Crippen LogP contribution is 2.33. The fraction of sp³-hybridized carbons (Fsp3) is 0.444. The number of carbonyl (C=O) groups excluding carboxylic acids is 1. The summed E-state index contributed by atoms with van der Waals surface area (Å²) in [6.45, 7) is 4.30. The lowest BCUT2D eigenvalue weighted by Crippen LogP contribution is -2.37. The fourth-order valence-electron chi connectivity index (χ4n) is 3.09. The Labute approximate surface area is 155 Å². The summed E-state index contributed by atoms with van der Waals surface area (Å²) in [6, 6.07) is 6.47. The Balaban J connectivity index is 1.59. The number of non-ortho nitro benzene ring substituents is 1. The van der Waals surface area contributed by atoms with E-state index in [1.165, 1.54) is 12.1 Å². The first-order valence-corrected chi connectivity index (χ1v) is 9.53. The quantitative estimate of drug-likeness (QED) is 0.437. The first-order chi connectivity index (χ1) is 12.6. The van der Waals surface area contributed by atoms with Crippen LogP contribution in [0.25, 0.3) is 11.3 Å². The van der Waals surface area contributed by atoms with Crippen molar-refractivity contribution < 1.29 is 14.5 Å². The number of likely N-dealkylation sites (tertiary alicyclic amines) is 1. The molecule has 0 unspecified atom stereocenters. The molecule has 0 amide bonds. The molecule has 1 aromatic heterocycles. The van der Waals surface area contributed by atoms with Crippen LogP contribution in [0.4, 0.5) is 5.69 Å². The van der Waals surface area contributed by atoms with E-state index >= 15 is 0 Å². The Morgan fingerprint density at radius 3 is 2.65 bits per heavy atom. The molecular formula is C18H21N3O4S. The van der Waals surface area contributed by atoms with Gasteiger partial charge in [0.25, 0.3) is 5.69 Å². The van der Waals surface area contributed by atoms with Crippen LogP contribution in [0.15, 0.2) is 29.6 Å². The predicted octanol–water partition coefficient (Wildman–Crippen LogP) is 3.46. The summed E-state index contributed by atoms with van der Waals surface area (Å²) in [4.78, 5) is 28.8. The molecule has 0 aliphatic carbocycles. The SMILES string of the molecule is CCOC(=O)CN1CCC(c2nc(-c3ccc([N+](=O)[O-])cc3)cs2)CC1. The molecule has 2 heterocycles. The zero-order chi connectivity index (χ0) is 18.5. The average molecular weight is 375 g/mol. The summed E-state index contributed by atoms with van der Waals surface area (Å²) in [5.74, 6) is 0.228. The predicted molar refractivity (Wildman–Crippen MR) is 99.3 cm³/mol. The van der Waals surface area contributed by atoms with Crippen molar-refractivity contribution in [2.45, 2.75) is 25.7 Å². The van der Waals surface area contributed by atoms with E-state index in [1.54, 1.807) is 23.5 Å². The number of nitrogens with zero attached hydrogens (tertiary/aromatic N) is 3. The average Bonchev–Trinajstić information content (AvgIpc) is 3.13. The number of ether oxygens (including phenoxy) is 1. The molecule has 1 aliphatic heterocycles. The van der Waals surface area contributed by atoms with E-state index in [4.69, 9.17) is 9.72 Å². The van der Waals surface area contributed by atoms with Gasteiger partial charge in [-0.15, -0.1) is 11.3 Å². The van der Waals surface area contributed by atoms with Crippen LogP contribution in [-0.4, -0.2) is 47.0 Å². The van der Waals surface area contributed by atoms with E-state index in [9.17, 15) is 14.9 Å². The molecule has 1 aromatic carbocycles. The summed E-state index contributed by atoms with van der Waals surface area (Å²) in [5.41, 5.74) is 1.82. The number of piperidine rings is 1. The molecule has 3 rings (SSSR count). The van der Waals surface area contributed by atoms with Gasteiger partial charge in [0.15, 0.2) is 0 Å². The number of benzene rings is 1. The highest BCUT2D eigenvalue weighted by molar-refractivity contribution is 7.10. The molecule has 26 heavy (non-hydrogen) atoms. The maximum Gasteiger partial charge on any atom is 0.320 e. The third-order valence-electron chi connectivity index (χ3n) is 4.49. The van der Waals surface area contributed by atoms with Gasteiger partial charge >= 0.3 is 5.97 Å². The second-order valence-electron chi connectivity index (χ2n) is 6.23. The smallest absolute Gasteiger partial charge is 0.320 e. The Morgan fingerprint density at radius 1 is 1.35 bits per heavy atom. The third-order valence-corrected chi connectivity index (χ3v) is 5.50. The van der Waals surface area contributed by atoms with Gasteiger partial charge in [0, 0.05) is 29.0 Å². The van der Waals surface area contributed by atoms with Gasteiger partial charge in [-0.2, -0.15) is 0 Å². The summed E-state index contributed by atoms with van der Waals surface area (Å²) < 4.78 is 5.00. The lowest BCUT2D eigenvalue weighted by atomic mass is 9.97. The van der Waals surface area contributed by atoms with Crippen molar-refractivity contribution in [2.75, 3.05) is 26.2 Å². The number of thiazole rings is 1. The van der Waals surface area contributed by atoms with Crippen LogP contribution >= 0.6 is 11.3 Å². The Morgan fingerprint density at radius 2 is 2.04 bits per heavy atom. The van der Waals surface area contributed by atoms with E-state index in [2.05, 4.69) is 4.90 Å². The van der Waals surface area contributed by atoms with Gasteiger partial charge in [-0.05, 0) is 45.0 Å². The number of aromatic nitrogens is 1. The Kier molecular flexibility index (Phi) is 5.95. The van der Waals surface area contributed by atoms with E-state index in [0.717, 1.165) is 42.2 Å². The number of nitro groups is 1. The minimum Gasteiger partial charge on any atom is -0.465 e. The van der Waals surface area contributed by atoms with Crippen LogP contribution in [0.2, 0.25) is 0 Å². The second kappa shape index (κ2) is 8.37. The van der Waals surface area contributed by atoms with Crippen LogP contribution in [-0.2, 0) is 9.53 Å². The molecule has 7 nitrogen and oxygen atoms in total. The first kappa shape index (κ1) is 18.5. The largest absolute Gasteiger partial charge is 0.465 e. The van der Waals surface area contributed by atoms with Gasteiger partial charge in [0.1, 0.15) is 0 Å². The maximum absolute atomic E-state index is 11.6. The minimum absolute atomic E-state index is 0.0816. The molecule has 0 atom stereocenters. The highest BCUT2D eigenvalue weighted by Gasteiger charge is 2.24. The van der Waals surface area contributed by atoms with Crippen molar-refractivity contribution >= 4 is 23.0 Å². The van der Waals surface area contributed by atoms with Gasteiger partial charge in [-0.25, -0.2) is 4.98 Å². The molecule has 0 spiro atoms. The monoisotopic (exact) mass is 375 g/mol. The molecule has 0 bridgehead atoms. The highest BCUT2D eigenvalue weighted by atomic mass is 32.1. The molecule has 0 N–H and O–H groups in total. The molecule has 1 fully saturated rings. The van der Waals surface area contributed by atoms with Crippen molar-refractivity contribution in [3.8, 4) is 11.3 Å². The molecule has 0 saturated carbocycles. The fourth-order valence-corrected chi connectivity index (χ4v) is 4.09. The van der Waals surface area contributed by atoms with Gasteiger partial charge in [-0.1, -0.05) is 0 Å². The van der Waals surface area contributed by atoms with E-state index in [1.807, 2.05) is 12.3 Å².